The molecule has 27 heavy (non-hydrogen) atoms. The van der Waals surface area contributed by atoms with Gasteiger partial charge >= 0.3 is 0 Å². The number of halogens is 1. The number of carbonyl (C=O) groups excluding carboxylic acids is 2. The number of carbonyl (C=O) groups is 2. The minimum atomic E-state index is -0.631. The fraction of sp³-hybridized carbons (Fsp3) is 0.450. The van der Waals surface area contributed by atoms with Crippen molar-refractivity contribution in [1.82, 2.24) is 10.6 Å². The molecule has 2 aliphatic rings. The number of nitrogens with zero attached hydrogens (tertiary/aromatic N) is 1. The van der Waals surface area contributed by atoms with Crippen LogP contribution >= 0.6 is 11.8 Å². The summed E-state index contributed by atoms with van der Waals surface area (Å²) >= 11 is 1.13. The number of amides is 2. The highest BCUT2D eigenvalue weighted by Crippen LogP contribution is 2.36. The molecular formula is C20H22FN3O2S. The van der Waals surface area contributed by atoms with Crippen LogP contribution in [0, 0.1) is 17.1 Å². The average molecular weight is 387 g/mol. The maximum Gasteiger partial charge on any atom is 0.230 e. The van der Waals surface area contributed by atoms with Crippen LogP contribution in [0.5, 0.6) is 0 Å². The Morgan fingerprint density at radius 3 is 2.74 bits per heavy atom. The van der Waals surface area contributed by atoms with Gasteiger partial charge in [-0.05, 0) is 24.5 Å². The number of nitrogens with one attached hydrogen (secondary N) is 2. The van der Waals surface area contributed by atoms with Gasteiger partial charge in [-0.15, -0.1) is 0 Å². The number of nitriles is 1. The van der Waals surface area contributed by atoms with E-state index in [4.69, 9.17) is 0 Å². The minimum Gasteiger partial charge on any atom is -0.353 e. The molecule has 0 saturated heterocycles. The molecule has 1 fully saturated rings. The van der Waals surface area contributed by atoms with E-state index in [1.54, 1.807) is 18.2 Å². The lowest BCUT2D eigenvalue weighted by Crippen LogP contribution is -2.38. The van der Waals surface area contributed by atoms with Gasteiger partial charge in [-0.3, -0.25) is 9.59 Å². The Morgan fingerprint density at radius 2 is 2.04 bits per heavy atom. The number of hydrogen-bond acceptors (Lipinski definition) is 4. The molecule has 1 heterocycles. The predicted molar refractivity (Wildman–Crippen MR) is 102 cm³/mol. The molecule has 5 nitrogen and oxygen atoms in total. The van der Waals surface area contributed by atoms with Crippen molar-refractivity contribution in [1.29, 1.82) is 5.26 Å². The second kappa shape index (κ2) is 9.05. The van der Waals surface area contributed by atoms with Crippen LogP contribution in [-0.2, 0) is 9.59 Å². The van der Waals surface area contributed by atoms with Crippen LogP contribution < -0.4 is 10.6 Å². The molecule has 1 aliphatic carbocycles. The molecule has 0 spiro atoms. The Morgan fingerprint density at radius 1 is 1.30 bits per heavy atom. The van der Waals surface area contributed by atoms with Crippen molar-refractivity contribution in [3.63, 3.8) is 0 Å². The summed E-state index contributed by atoms with van der Waals surface area (Å²) in [4.78, 5) is 24.3. The van der Waals surface area contributed by atoms with Crippen LogP contribution in [0.2, 0.25) is 0 Å². The van der Waals surface area contributed by atoms with Gasteiger partial charge in [0.05, 0.1) is 22.4 Å². The maximum atomic E-state index is 14.2. The maximum absolute atomic E-state index is 14.2. The number of benzene rings is 1. The second-order valence-corrected chi connectivity index (χ2v) is 7.86. The van der Waals surface area contributed by atoms with Gasteiger partial charge < -0.3 is 10.6 Å². The summed E-state index contributed by atoms with van der Waals surface area (Å²) in [6, 6.07) is 8.48. The largest absolute Gasteiger partial charge is 0.353 e. The van der Waals surface area contributed by atoms with Crippen molar-refractivity contribution in [2.75, 3.05) is 5.75 Å². The zero-order chi connectivity index (χ0) is 19.2. The number of thioether (sulfide) groups is 1. The van der Waals surface area contributed by atoms with Gasteiger partial charge in [-0.2, -0.15) is 5.26 Å². The van der Waals surface area contributed by atoms with Gasteiger partial charge in [0, 0.05) is 18.4 Å². The highest BCUT2D eigenvalue weighted by molar-refractivity contribution is 8.03. The highest BCUT2D eigenvalue weighted by Gasteiger charge is 2.31. The lowest BCUT2D eigenvalue weighted by molar-refractivity contribution is -0.121. The van der Waals surface area contributed by atoms with Crippen molar-refractivity contribution in [2.45, 2.75) is 50.5 Å². The second-order valence-electron chi connectivity index (χ2n) is 6.87. The van der Waals surface area contributed by atoms with Crippen LogP contribution in [0.1, 0.15) is 50.0 Å². The Labute approximate surface area is 162 Å². The highest BCUT2D eigenvalue weighted by atomic mass is 32.2. The summed E-state index contributed by atoms with van der Waals surface area (Å²) in [5, 5.41) is 15.6. The molecule has 0 bridgehead atoms. The molecule has 0 radical (unpaired) electrons. The molecule has 0 aromatic heterocycles. The van der Waals surface area contributed by atoms with E-state index < -0.39 is 11.7 Å². The summed E-state index contributed by atoms with van der Waals surface area (Å²) in [6.07, 6.45) is 5.47. The zero-order valence-electron chi connectivity index (χ0n) is 15.0. The van der Waals surface area contributed by atoms with Crippen LogP contribution in [-0.4, -0.2) is 23.6 Å². The van der Waals surface area contributed by atoms with Gasteiger partial charge in [0.2, 0.25) is 11.8 Å². The number of allylic oxidation sites excluding steroid dienone is 1. The van der Waals surface area contributed by atoms with E-state index in [2.05, 4.69) is 16.7 Å². The number of rotatable bonds is 5. The topological polar surface area (TPSA) is 82.0 Å². The molecule has 1 saturated carbocycles. The number of hydrogen-bond donors (Lipinski definition) is 2. The van der Waals surface area contributed by atoms with Crippen LogP contribution in [0.3, 0.4) is 0 Å². The molecule has 1 aromatic rings. The van der Waals surface area contributed by atoms with Gasteiger partial charge in [0.15, 0.2) is 0 Å². The Kier molecular flexibility index (Phi) is 6.51. The van der Waals surface area contributed by atoms with Gasteiger partial charge in [-0.1, -0.05) is 49.2 Å². The molecule has 3 rings (SSSR count). The standard InChI is InChI=1S/C20H22FN3O2S/c21-17-9-5-4-8-14(17)15-10-18(25)24-20(16(15)11-22)27-12-19(26)23-13-6-2-1-3-7-13/h4-5,8-9,13,15H,1-3,6-7,10,12H2,(H,23,26)(H,24,25). The van der Waals surface area contributed by atoms with E-state index in [-0.39, 0.29) is 30.0 Å². The van der Waals surface area contributed by atoms with Crippen molar-refractivity contribution in [3.05, 3.63) is 46.2 Å². The van der Waals surface area contributed by atoms with E-state index >= 15 is 0 Å². The first-order chi connectivity index (χ1) is 13.1. The molecular weight excluding hydrogens is 365 g/mol. The molecule has 1 aromatic carbocycles. The summed E-state index contributed by atoms with van der Waals surface area (Å²) in [6.45, 7) is 0. The van der Waals surface area contributed by atoms with E-state index in [1.165, 1.54) is 12.5 Å². The molecule has 7 heteroatoms. The first-order valence-electron chi connectivity index (χ1n) is 9.19. The Balaban J connectivity index is 1.71. The van der Waals surface area contributed by atoms with Crippen LogP contribution in [0.4, 0.5) is 4.39 Å². The normalized spacial score (nSPS) is 20.7. The summed E-state index contributed by atoms with van der Waals surface area (Å²) in [7, 11) is 0. The molecule has 1 atom stereocenters. The molecule has 2 N–H and O–H groups in total. The van der Waals surface area contributed by atoms with E-state index in [0.717, 1.165) is 37.4 Å². The summed E-state index contributed by atoms with van der Waals surface area (Å²) in [5.41, 5.74) is 0.629. The zero-order valence-corrected chi connectivity index (χ0v) is 15.8. The molecule has 1 unspecified atom stereocenters. The quantitative estimate of drug-likeness (QED) is 0.812. The lowest BCUT2D eigenvalue weighted by Gasteiger charge is -2.26. The van der Waals surface area contributed by atoms with Gasteiger partial charge in [0.1, 0.15) is 5.82 Å². The van der Waals surface area contributed by atoms with E-state index in [9.17, 15) is 19.2 Å². The monoisotopic (exact) mass is 387 g/mol. The molecule has 1 aliphatic heterocycles. The third-order valence-corrected chi connectivity index (χ3v) is 5.97. The third-order valence-electron chi connectivity index (χ3n) is 4.95. The first kappa shape index (κ1) is 19.4. The minimum absolute atomic E-state index is 0.0160. The van der Waals surface area contributed by atoms with E-state index in [0.29, 0.717) is 16.2 Å². The fourth-order valence-electron chi connectivity index (χ4n) is 3.61. The Hall–Kier alpha value is -2.33. The van der Waals surface area contributed by atoms with E-state index in [1.807, 2.05) is 0 Å². The van der Waals surface area contributed by atoms with Gasteiger partial charge in [0.25, 0.3) is 0 Å². The average Bonchev–Trinajstić information content (AvgIpc) is 2.67. The van der Waals surface area contributed by atoms with Crippen molar-refractivity contribution in [3.8, 4) is 6.07 Å². The summed E-state index contributed by atoms with van der Waals surface area (Å²) in [5.74, 6) is -1.35. The van der Waals surface area contributed by atoms with Crippen LogP contribution in [0.25, 0.3) is 0 Å². The first-order valence-corrected chi connectivity index (χ1v) is 10.2. The fourth-order valence-corrected chi connectivity index (χ4v) is 4.50. The van der Waals surface area contributed by atoms with Crippen molar-refractivity contribution < 1.29 is 14.0 Å². The lowest BCUT2D eigenvalue weighted by atomic mass is 9.87. The Bertz CT molecular complexity index is 797. The van der Waals surface area contributed by atoms with Crippen LogP contribution in [0.15, 0.2) is 34.9 Å². The predicted octanol–water partition coefficient (Wildman–Crippen LogP) is 3.35. The van der Waals surface area contributed by atoms with Crippen molar-refractivity contribution >= 4 is 23.6 Å². The van der Waals surface area contributed by atoms with Gasteiger partial charge in [-0.25, -0.2) is 4.39 Å². The third kappa shape index (κ3) is 4.89. The van der Waals surface area contributed by atoms with Crippen molar-refractivity contribution in [2.24, 2.45) is 0 Å². The summed E-state index contributed by atoms with van der Waals surface area (Å²) < 4.78 is 14.2. The SMILES string of the molecule is N#CC1=C(SCC(=O)NC2CCCCC2)NC(=O)CC1c1ccccc1F. The molecule has 142 valence electrons. The molecule has 2 amide bonds. The smallest absolute Gasteiger partial charge is 0.230 e.